The van der Waals surface area contributed by atoms with Gasteiger partial charge in [-0.15, -0.1) is 0 Å². The van der Waals surface area contributed by atoms with Crippen LogP contribution in [0.5, 0.6) is 0 Å². The Morgan fingerprint density at radius 3 is 2.44 bits per heavy atom. The van der Waals surface area contributed by atoms with Crippen molar-refractivity contribution in [2.45, 2.75) is 0 Å². The zero-order chi connectivity index (χ0) is 13.0. The third-order valence-corrected chi connectivity index (χ3v) is 2.28. The molecule has 3 N–H and O–H groups in total. The first kappa shape index (κ1) is 11.8. The number of nitrogens with one attached hydrogen (secondary N) is 3. The van der Waals surface area contributed by atoms with Crippen LogP contribution < -0.4 is 10.6 Å². The lowest BCUT2D eigenvalue weighted by Gasteiger charge is -2.04. The van der Waals surface area contributed by atoms with Crippen molar-refractivity contribution < 1.29 is 9.59 Å². The third kappa shape index (κ3) is 2.51. The lowest BCUT2D eigenvalue weighted by atomic mass is 10.2. The molecular formula is C11H11N5O2. The van der Waals surface area contributed by atoms with E-state index in [0.717, 1.165) is 0 Å². The summed E-state index contributed by atoms with van der Waals surface area (Å²) in [6.45, 7) is 0. The van der Waals surface area contributed by atoms with Crippen molar-refractivity contribution in [1.82, 2.24) is 20.7 Å². The van der Waals surface area contributed by atoms with Crippen molar-refractivity contribution in [2.24, 2.45) is 0 Å². The summed E-state index contributed by atoms with van der Waals surface area (Å²) in [6, 6.07) is 6.53. The number of nitrogens with zero attached hydrogens (tertiary/aromatic N) is 2. The number of H-pyrrole nitrogens is 1. The summed E-state index contributed by atoms with van der Waals surface area (Å²) < 4.78 is 0. The molecule has 1 heterocycles. The first-order chi connectivity index (χ1) is 8.70. The lowest BCUT2D eigenvalue weighted by Crippen LogP contribution is -2.18. The zero-order valence-corrected chi connectivity index (χ0v) is 9.60. The van der Waals surface area contributed by atoms with Gasteiger partial charge in [0.2, 0.25) is 0 Å². The Hall–Kier alpha value is -2.70. The van der Waals surface area contributed by atoms with E-state index in [9.17, 15) is 9.59 Å². The van der Waals surface area contributed by atoms with E-state index in [-0.39, 0.29) is 17.5 Å². The molecule has 1 aromatic heterocycles. The number of aromatic amines is 1. The average molecular weight is 245 g/mol. The van der Waals surface area contributed by atoms with Gasteiger partial charge < -0.3 is 10.6 Å². The van der Waals surface area contributed by atoms with Crippen LogP contribution in [0, 0.1) is 0 Å². The highest BCUT2D eigenvalue weighted by Gasteiger charge is 2.09. The molecule has 0 atom stereocenters. The monoisotopic (exact) mass is 245 g/mol. The van der Waals surface area contributed by atoms with Crippen molar-refractivity contribution in [3.05, 3.63) is 41.7 Å². The van der Waals surface area contributed by atoms with Crippen molar-refractivity contribution in [3.8, 4) is 0 Å². The highest BCUT2D eigenvalue weighted by Crippen LogP contribution is 2.10. The van der Waals surface area contributed by atoms with Gasteiger partial charge in [-0.1, -0.05) is 0 Å². The Balaban J connectivity index is 2.07. The van der Waals surface area contributed by atoms with E-state index in [2.05, 4.69) is 26.0 Å². The van der Waals surface area contributed by atoms with E-state index in [1.54, 1.807) is 31.3 Å². The van der Waals surface area contributed by atoms with Crippen LogP contribution in [-0.4, -0.2) is 34.3 Å². The summed E-state index contributed by atoms with van der Waals surface area (Å²) in [5.41, 5.74) is 1.30. The molecular weight excluding hydrogens is 234 g/mol. The molecule has 0 saturated carbocycles. The van der Waals surface area contributed by atoms with Crippen LogP contribution in [0.4, 0.5) is 5.69 Å². The van der Waals surface area contributed by atoms with E-state index < -0.39 is 0 Å². The summed E-state index contributed by atoms with van der Waals surface area (Å²) in [5.74, 6) is -0.541. The van der Waals surface area contributed by atoms with Crippen molar-refractivity contribution in [3.63, 3.8) is 0 Å². The molecule has 0 aliphatic carbocycles. The molecule has 0 aliphatic heterocycles. The number of carbonyl (C=O) groups excluding carboxylic acids is 2. The van der Waals surface area contributed by atoms with Gasteiger partial charge in [0.15, 0.2) is 5.69 Å². The highest BCUT2D eigenvalue weighted by atomic mass is 16.2. The molecule has 1 aromatic carbocycles. The topological polar surface area (TPSA) is 99.8 Å². The lowest BCUT2D eigenvalue weighted by molar-refractivity contribution is 0.0962. The zero-order valence-electron chi connectivity index (χ0n) is 9.60. The molecule has 0 radical (unpaired) electrons. The number of rotatable bonds is 3. The fraction of sp³-hybridized carbons (Fsp3) is 0.0909. The highest BCUT2D eigenvalue weighted by molar-refractivity contribution is 6.03. The Labute approximate surface area is 103 Å². The number of benzene rings is 1. The Morgan fingerprint density at radius 2 is 1.89 bits per heavy atom. The van der Waals surface area contributed by atoms with E-state index >= 15 is 0 Å². The van der Waals surface area contributed by atoms with Gasteiger partial charge in [0.1, 0.15) is 0 Å². The molecule has 0 spiro atoms. The normalized spacial score (nSPS) is 9.83. The van der Waals surface area contributed by atoms with Crippen LogP contribution in [-0.2, 0) is 0 Å². The van der Waals surface area contributed by atoms with Crippen LogP contribution in [0.3, 0.4) is 0 Å². The van der Waals surface area contributed by atoms with Crippen LogP contribution in [0.25, 0.3) is 0 Å². The van der Waals surface area contributed by atoms with Crippen molar-refractivity contribution in [1.29, 1.82) is 0 Å². The molecule has 0 fully saturated rings. The molecule has 18 heavy (non-hydrogen) atoms. The van der Waals surface area contributed by atoms with Crippen LogP contribution in [0.1, 0.15) is 20.8 Å². The largest absolute Gasteiger partial charge is 0.355 e. The number of anilines is 1. The minimum Gasteiger partial charge on any atom is -0.355 e. The van der Waals surface area contributed by atoms with Gasteiger partial charge in [0.05, 0.1) is 6.20 Å². The van der Waals surface area contributed by atoms with Crippen molar-refractivity contribution >= 4 is 17.5 Å². The predicted molar refractivity (Wildman–Crippen MR) is 64.2 cm³/mol. The molecule has 7 heteroatoms. The first-order valence-electron chi connectivity index (χ1n) is 5.20. The van der Waals surface area contributed by atoms with Crippen molar-refractivity contribution in [2.75, 3.05) is 12.4 Å². The number of hydrogen-bond acceptors (Lipinski definition) is 4. The summed E-state index contributed by atoms with van der Waals surface area (Å²) in [5, 5.41) is 14.7. The molecule has 7 nitrogen and oxygen atoms in total. The quantitative estimate of drug-likeness (QED) is 0.729. The summed E-state index contributed by atoms with van der Waals surface area (Å²) in [6.07, 6.45) is 1.33. The maximum Gasteiger partial charge on any atom is 0.277 e. The smallest absolute Gasteiger partial charge is 0.277 e. The molecule has 0 saturated heterocycles. The Bertz CT molecular complexity index is 547. The maximum atomic E-state index is 11.6. The standard InChI is InChI=1S/C11H11N5O2/c1-12-10(17)7-2-4-8(5-3-7)14-11(18)9-6-13-16-15-9/h2-6H,1H3,(H,12,17)(H,14,18)(H,13,15,16). The van der Waals surface area contributed by atoms with Gasteiger partial charge in [0, 0.05) is 18.3 Å². The minimum absolute atomic E-state index is 0.177. The Kier molecular flexibility index (Phi) is 3.33. The molecule has 92 valence electrons. The second kappa shape index (κ2) is 5.09. The number of carbonyl (C=O) groups is 2. The molecule has 2 amide bonds. The van der Waals surface area contributed by atoms with E-state index in [0.29, 0.717) is 11.3 Å². The second-order valence-electron chi connectivity index (χ2n) is 3.47. The fourth-order valence-corrected chi connectivity index (χ4v) is 1.36. The van der Waals surface area contributed by atoms with Gasteiger partial charge in [-0.3, -0.25) is 9.59 Å². The van der Waals surface area contributed by atoms with E-state index in [4.69, 9.17) is 0 Å². The van der Waals surface area contributed by atoms with Gasteiger partial charge in [-0.25, -0.2) is 0 Å². The number of amides is 2. The van der Waals surface area contributed by atoms with E-state index in [1.165, 1.54) is 6.20 Å². The first-order valence-corrected chi connectivity index (χ1v) is 5.20. The van der Waals surface area contributed by atoms with Gasteiger partial charge in [-0.05, 0) is 24.3 Å². The maximum absolute atomic E-state index is 11.6. The average Bonchev–Trinajstić information content (AvgIpc) is 2.92. The number of aromatic nitrogens is 3. The van der Waals surface area contributed by atoms with E-state index in [1.807, 2.05) is 0 Å². The molecule has 2 rings (SSSR count). The molecule has 0 bridgehead atoms. The molecule has 2 aromatic rings. The summed E-state index contributed by atoms with van der Waals surface area (Å²) >= 11 is 0. The van der Waals surface area contributed by atoms with Gasteiger partial charge in [0.25, 0.3) is 11.8 Å². The molecule has 0 aliphatic rings. The Morgan fingerprint density at radius 1 is 1.17 bits per heavy atom. The molecule has 0 unspecified atom stereocenters. The van der Waals surface area contributed by atoms with Crippen LogP contribution in [0.2, 0.25) is 0 Å². The SMILES string of the molecule is CNC(=O)c1ccc(NC(=O)c2cn[nH]n2)cc1. The summed E-state index contributed by atoms with van der Waals surface area (Å²) in [4.78, 5) is 23.0. The van der Waals surface area contributed by atoms with Crippen LogP contribution >= 0.6 is 0 Å². The van der Waals surface area contributed by atoms with Crippen LogP contribution in [0.15, 0.2) is 30.5 Å². The number of hydrogen-bond donors (Lipinski definition) is 3. The van der Waals surface area contributed by atoms with Gasteiger partial charge >= 0.3 is 0 Å². The predicted octanol–water partition coefficient (Wildman–Crippen LogP) is 0.417. The summed E-state index contributed by atoms with van der Waals surface area (Å²) in [7, 11) is 1.56. The third-order valence-electron chi connectivity index (χ3n) is 2.28. The second-order valence-corrected chi connectivity index (χ2v) is 3.47. The fourth-order valence-electron chi connectivity index (χ4n) is 1.36. The minimum atomic E-state index is -0.364. The van der Waals surface area contributed by atoms with Gasteiger partial charge in [-0.2, -0.15) is 15.4 Å².